The highest BCUT2D eigenvalue weighted by Crippen LogP contribution is 2.18. The van der Waals surface area contributed by atoms with Gasteiger partial charge in [-0.2, -0.15) is 0 Å². The van der Waals surface area contributed by atoms with Crippen molar-refractivity contribution in [1.29, 1.82) is 0 Å². The Bertz CT molecular complexity index is 368. The highest BCUT2D eigenvalue weighted by Gasteiger charge is 2.23. The second-order valence-corrected chi connectivity index (χ2v) is 4.84. The van der Waals surface area contributed by atoms with Crippen LogP contribution in [-0.2, 0) is 11.2 Å². The van der Waals surface area contributed by atoms with Gasteiger partial charge < -0.3 is 15.8 Å². The summed E-state index contributed by atoms with van der Waals surface area (Å²) in [6, 6.07) is 9.52. The zero-order chi connectivity index (χ0) is 13.5. The molecule has 1 aromatic carbocycles. The molecule has 0 bridgehead atoms. The van der Waals surface area contributed by atoms with Gasteiger partial charge in [-0.1, -0.05) is 30.3 Å². The first kappa shape index (κ1) is 14.9. The van der Waals surface area contributed by atoms with Crippen LogP contribution < -0.4 is 5.73 Å². The predicted octanol–water partition coefficient (Wildman–Crippen LogP) is -0.0923. The zero-order valence-corrected chi connectivity index (χ0v) is 10.7. The molecule has 0 radical (unpaired) electrons. The molecule has 0 aliphatic carbocycles. The van der Waals surface area contributed by atoms with Crippen LogP contribution >= 0.6 is 0 Å². The van der Waals surface area contributed by atoms with E-state index in [-0.39, 0.29) is 24.1 Å². The first-order chi connectivity index (χ1) is 8.49. The Kier molecular flexibility index (Phi) is 6.05. The molecule has 0 aromatic heterocycles. The van der Waals surface area contributed by atoms with E-state index in [1.54, 1.807) is 6.92 Å². The average Bonchev–Trinajstić information content (AvgIpc) is 2.29. The summed E-state index contributed by atoms with van der Waals surface area (Å²) in [5.74, 6) is 0.0145. The summed E-state index contributed by atoms with van der Waals surface area (Å²) in [5.41, 5.74) is 4.81. The number of carbonyl (C=O) groups is 1. The SMILES string of the molecule is C[C@H]([NH3+])C(=O)C[C@@H](CB(O)O)Cc1ccccc1. The van der Waals surface area contributed by atoms with E-state index >= 15 is 0 Å². The standard InChI is InChI=1S/C13H20BNO3/c1-10(15)13(16)8-12(9-14(17)18)7-11-5-3-2-4-6-11/h2-6,10,12,17-18H,7-9,15H2,1H3/p+1/t10-,12-/m0/s1. The first-order valence-electron chi connectivity index (χ1n) is 6.25. The number of benzene rings is 1. The van der Waals surface area contributed by atoms with Crippen molar-refractivity contribution in [3.63, 3.8) is 0 Å². The Labute approximate surface area is 108 Å². The van der Waals surface area contributed by atoms with Crippen LogP contribution in [0.25, 0.3) is 0 Å². The van der Waals surface area contributed by atoms with Gasteiger partial charge in [0.25, 0.3) is 0 Å². The second kappa shape index (κ2) is 7.31. The Balaban J connectivity index is 2.64. The van der Waals surface area contributed by atoms with Crippen molar-refractivity contribution in [2.45, 2.75) is 32.1 Å². The van der Waals surface area contributed by atoms with Crippen LogP contribution in [0.1, 0.15) is 18.9 Å². The van der Waals surface area contributed by atoms with Crippen LogP contribution in [0.5, 0.6) is 0 Å². The summed E-state index contributed by atoms with van der Waals surface area (Å²) in [7, 11) is -1.37. The minimum absolute atomic E-state index is 0.0518. The molecule has 0 aliphatic rings. The molecule has 0 spiro atoms. The molecule has 4 nitrogen and oxygen atoms in total. The Morgan fingerprint density at radius 1 is 1.33 bits per heavy atom. The van der Waals surface area contributed by atoms with E-state index in [0.29, 0.717) is 12.8 Å². The van der Waals surface area contributed by atoms with E-state index in [1.807, 2.05) is 30.3 Å². The molecular formula is C13H21BNO3+. The molecule has 18 heavy (non-hydrogen) atoms. The summed E-state index contributed by atoms with van der Waals surface area (Å²) in [6.07, 6.45) is 1.24. The van der Waals surface area contributed by atoms with E-state index in [0.717, 1.165) is 5.56 Å². The van der Waals surface area contributed by atoms with Gasteiger partial charge in [0, 0.05) is 6.42 Å². The molecule has 2 atom stereocenters. The van der Waals surface area contributed by atoms with Crippen molar-refractivity contribution in [3.8, 4) is 0 Å². The van der Waals surface area contributed by atoms with Gasteiger partial charge in [-0.3, -0.25) is 4.79 Å². The van der Waals surface area contributed by atoms with Gasteiger partial charge >= 0.3 is 7.12 Å². The lowest BCUT2D eigenvalue weighted by Gasteiger charge is -2.16. The third kappa shape index (κ3) is 5.45. The molecule has 0 aliphatic heterocycles. The quantitative estimate of drug-likeness (QED) is 0.591. The van der Waals surface area contributed by atoms with E-state index in [1.165, 1.54) is 0 Å². The number of carbonyl (C=O) groups excluding carboxylic acids is 1. The number of ketones is 1. The number of Topliss-reactive ketones (excluding diaryl/α,β-unsaturated/α-hetero) is 1. The maximum atomic E-state index is 11.7. The predicted molar refractivity (Wildman–Crippen MR) is 70.6 cm³/mol. The molecular weight excluding hydrogens is 229 g/mol. The Morgan fingerprint density at radius 2 is 1.94 bits per heavy atom. The number of hydrogen-bond donors (Lipinski definition) is 3. The van der Waals surface area contributed by atoms with Gasteiger partial charge in [0.15, 0.2) is 5.78 Å². The van der Waals surface area contributed by atoms with Gasteiger partial charge in [0.2, 0.25) is 0 Å². The van der Waals surface area contributed by atoms with Gasteiger partial charge in [-0.15, -0.1) is 0 Å². The third-order valence-electron chi connectivity index (χ3n) is 2.95. The molecule has 1 rings (SSSR count). The minimum atomic E-state index is -1.37. The fourth-order valence-corrected chi connectivity index (χ4v) is 1.97. The van der Waals surface area contributed by atoms with E-state index in [9.17, 15) is 4.79 Å². The molecule has 0 saturated carbocycles. The lowest BCUT2D eigenvalue weighted by atomic mass is 9.74. The van der Waals surface area contributed by atoms with Crippen molar-refractivity contribution in [3.05, 3.63) is 35.9 Å². The van der Waals surface area contributed by atoms with E-state index < -0.39 is 7.12 Å². The van der Waals surface area contributed by atoms with Crippen LogP contribution in [0.3, 0.4) is 0 Å². The van der Waals surface area contributed by atoms with E-state index in [4.69, 9.17) is 10.0 Å². The lowest BCUT2D eigenvalue weighted by molar-refractivity contribution is -0.397. The molecule has 5 heteroatoms. The third-order valence-corrected chi connectivity index (χ3v) is 2.95. The molecule has 5 N–H and O–H groups in total. The molecule has 98 valence electrons. The van der Waals surface area contributed by atoms with Crippen LogP contribution in [0.2, 0.25) is 6.32 Å². The number of quaternary nitrogens is 1. The van der Waals surface area contributed by atoms with Crippen molar-refractivity contribution >= 4 is 12.9 Å². The van der Waals surface area contributed by atoms with Crippen molar-refractivity contribution < 1.29 is 20.6 Å². The summed E-state index contributed by atoms with van der Waals surface area (Å²) >= 11 is 0. The summed E-state index contributed by atoms with van der Waals surface area (Å²) < 4.78 is 0. The molecule has 0 fully saturated rings. The monoisotopic (exact) mass is 250 g/mol. The largest absolute Gasteiger partial charge is 0.451 e. The summed E-state index contributed by atoms with van der Waals surface area (Å²) in [6.45, 7) is 1.76. The van der Waals surface area contributed by atoms with Crippen LogP contribution in [0, 0.1) is 5.92 Å². The normalized spacial score (nSPS) is 14.0. The highest BCUT2D eigenvalue weighted by molar-refractivity contribution is 6.41. The van der Waals surface area contributed by atoms with Crippen LogP contribution in [-0.4, -0.2) is 29.0 Å². The van der Waals surface area contributed by atoms with Gasteiger partial charge in [-0.05, 0) is 31.1 Å². The van der Waals surface area contributed by atoms with Gasteiger partial charge in [-0.25, -0.2) is 0 Å². The van der Waals surface area contributed by atoms with Gasteiger partial charge in [0.05, 0.1) is 0 Å². The minimum Gasteiger partial charge on any atom is -0.427 e. The fourth-order valence-electron chi connectivity index (χ4n) is 1.97. The van der Waals surface area contributed by atoms with E-state index in [2.05, 4.69) is 5.73 Å². The maximum absolute atomic E-state index is 11.7. The van der Waals surface area contributed by atoms with Gasteiger partial charge in [0.1, 0.15) is 6.04 Å². The number of rotatable bonds is 7. The zero-order valence-electron chi connectivity index (χ0n) is 10.7. The lowest BCUT2D eigenvalue weighted by Crippen LogP contribution is -2.63. The van der Waals surface area contributed by atoms with Crippen LogP contribution in [0.4, 0.5) is 0 Å². The first-order valence-corrected chi connectivity index (χ1v) is 6.25. The number of hydrogen-bond acceptors (Lipinski definition) is 3. The summed E-state index contributed by atoms with van der Waals surface area (Å²) in [4.78, 5) is 11.7. The van der Waals surface area contributed by atoms with Crippen molar-refractivity contribution in [2.24, 2.45) is 5.92 Å². The molecule has 0 unspecified atom stereocenters. The topological polar surface area (TPSA) is 85.2 Å². The van der Waals surface area contributed by atoms with Crippen molar-refractivity contribution in [2.75, 3.05) is 0 Å². The molecule has 0 saturated heterocycles. The highest BCUT2D eigenvalue weighted by atomic mass is 16.4. The molecule has 0 heterocycles. The fraction of sp³-hybridized carbons (Fsp3) is 0.462. The molecule has 1 aromatic rings. The molecule has 0 amide bonds. The smallest absolute Gasteiger partial charge is 0.427 e. The Morgan fingerprint density at radius 3 is 2.44 bits per heavy atom. The second-order valence-electron chi connectivity index (χ2n) is 4.84. The van der Waals surface area contributed by atoms with Crippen molar-refractivity contribution in [1.82, 2.24) is 0 Å². The summed E-state index contributed by atoms with van der Waals surface area (Å²) in [5, 5.41) is 18.2. The van der Waals surface area contributed by atoms with Crippen LogP contribution in [0.15, 0.2) is 30.3 Å². The average molecular weight is 250 g/mol. The maximum Gasteiger partial charge on any atom is 0.451 e. The Hall–Kier alpha value is -1.17.